The van der Waals surface area contributed by atoms with Crippen molar-refractivity contribution in [2.45, 2.75) is 6.92 Å². The van der Waals surface area contributed by atoms with E-state index in [-0.39, 0.29) is 18.3 Å². The summed E-state index contributed by atoms with van der Waals surface area (Å²) in [7, 11) is 1.58. The number of thiophene rings is 1. The molecule has 0 saturated heterocycles. The van der Waals surface area contributed by atoms with Gasteiger partial charge in [0.2, 0.25) is 0 Å². The van der Waals surface area contributed by atoms with Crippen LogP contribution < -0.4 is 15.4 Å². The third-order valence-corrected chi connectivity index (χ3v) is 3.72. The van der Waals surface area contributed by atoms with Crippen LogP contribution in [0.4, 0.5) is 0 Å². The first kappa shape index (κ1) is 16.7. The van der Waals surface area contributed by atoms with Crippen LogP contribution in [0.1, 0.15) is 16.6 Å². The van der Waals surface area contributed by atoms with Crippen molar-refractivity contribution in [3.05, 3.63) is 14.7 Å². The first-order chi connectivity index (χ1) is 7.69. The maximum absolute atomic E-state index is 11.7. The molecule has 0 aliphatic rings. The van der Waals surface area contributed by atoms with E-state index < -0.39 is 0 Å². The van der Waals surface area contributed by atoms with Gasteiger partial charge in [-0.3, -0.25) is 4.79 Å². The summed E-state index contributed by atoms with van der Waals surface area (Å²) >= 11 is 4.71. The van der Waals surface area contributed by atoms with Crippen LogP contribution in [-0.4, -0.2) is 32.7 Å². The van der Waals surface area contributed by atoms with E-state index in [9.17, 15) is 4.79 Å². The predicted molar refractivity (Wildman–Crippen MR) is 76.7 cm³/mol. The van der Waals surface area contributed by atoms with Gasteiger partial charge in [-0.15, -0.1) is 23.7 Å². The van der Waals surface area contributed by atoms with Crippen LogP contribution in [0.5, 0.6) is 5.75 Å². The Morgan fingerprint density at radius 2 is 2.24 bits per heavy atom. The Morgan fingerprint density at radius 3 is 2.76 bits per heavy atom. The van der Waals surface area contributed by atoms with Crippen molar-refractivity contribution in [1.82, 2.24) is 10.6 Å². The second-order valence-corrected chi connectivity index (χ2v) is 5.43. The number of rotatable bonds is 6. The highest BCUT2D eigenvalue weighted by atomic mass is 79.9. The largest absolute Gasteiger partial charge is 0.495 e. The molecule has 1 amide bonds. The maximum atomic E-state index is 11.7. The van der Waals surface area contributed by atoms with E-state index in [4.69, 9.17) is 4.74 Å². The van der Waals surface area contributed by atoms with E-state index in [0.717, 1.165) is 16.9 Å². The molecule has 1 heterocycles. The molecule has 0 unspecified atom stereocenters. The van der Waals surface area contributed by atoms with Gasteiger partial charge < -0.3 is 15.4 Å². The van der Waals surface area contributed by atoms with Crippen LogP contribution in [-0.2, 0) is 0 Å². The number of hydrogen-bond acceptors (Lipinski definition) is 4. The molecule has 1 aromatic heterocycles. The summed E-state index contributed by atoms with van der Waals surface area (Å²) in [5.41, 5.74) is 0. The lowest BCUT2D eigenvalue weighted by molar-refractivity contribution is 0.0958. The van der Waals surface area contributed by atoms with Crippen molar-refractivity contribution in [3.8, 4) is 5.75 Å². The van der Waals surface area contributed by atoms with E-state index in [2.05, 4.69) is 26.6 Å². The molecule has 2 N–H and O–H groups in total. The van der Waals surface area contributed by atoms with E-state index in [0.29, 0.717) is 17.2 Å². The average Bonchev–Trinajstić information content (AvgIpc) is 2.66. The fourth-order valence-electron chi connectivity index (χ4n) is 1.13. The molecule has 1 rings (SSSR count). The van der Waals surface area contributed by atoms with Crippen molar-refractivity contribution in [2.75, 3.05) is 26.7 Å². The summed E-state index contributed by atoms with van der Waals surface area (Å²) in [6.45, 7) is 4.35. The summed E-state index contributed by atoms with van der Waals surface area (Å²) in [4.78, 5) is 12.3. The minimum atomic E-state index is -0.0631. The molecule has 0 spiro atoms. The van der Waals surface area contributed by atoms with Crippen LogP contribution in [0.15, 0.2) is 9.85 Å². The van der Waals surface area contributed by atoms with Crippen LogP contribution in [0.3, 0.4) is 0 Å². The van der Waals surface area contributed by atoms with Gasteiger partial charge in [-0.25, -0.2) is 0 Å². The minimum Gasteiger partial charge on any atom is -0.495 e. The van der Waals surface area contributed by atoms with Gasteiger partial charge in [-0.2, -0.15) is 0 Å². The van der Waals surface area contributed by atoms with Crippen LogP contribution >= 0.6 is 39.7 Å². The number of hydrogen-bond donors (Lipinski definition) is 2. The molecule has 0 fully saturated rings. The topological polar surface area (TPSA) is 50.4 Å². The molecule has 7 heteroatoms. The van der Waals surface area contributed by atoms with Gasteiger partial charge in [-0.05, 0) is 22.5 Å². The molecule has 17 heavy (non-hydrogen) atoms. The Kier molecular flexibility index (Phi) is 8.59. The predicted octanol–water partition coefficient (Wildman–Crippen LogP) is 2.28. The van der Waals surface area contributed by atoms with Crippen molar-refractivity contribution < 1.29 is 9.53 Å². The molecule has 0 bridgehead atoms. The highest BCUT2D eigenvalue weighted by Crippen LogP contribution is 2.34. The van der Waals surface area contributed by atoms with Crippen molar-refractivity contribution in [2.24, 2.45) is 0 Å². The van der Waals surface area contributed by atoms with Gasteiger partial charge in [0.05, 0.1) is 12.0 Å². The van der Waals surface area contributed by atoms with E-state index >= 15 is 0 Å². The second kappa shape index (κ2) is 8.74. The van der Waals surface area contributed by atoms with Crippen molar-refractivity contribution in [3.63, 3.8) is 0 Å². The number of nitrogens with one attached hydrogen (secondary N) is 2. The first-order valence-electron chi connectivity index (χ1n) is 5.01. The average molecular weight is 344 g/mol. The number of likely N-dealkylation sites (N-methyl/N-ethyl adjacent to an activating group) is 1. The Hall–Kier alpha value is -0.300. The third kappa shape index (κ3) is 5.25. The lowest BCUT2D eigenvalue weighted by Crippen LogP contribution is -2.31. The Morgan fingerprint density at radius 1 is 1.53 bits per heavy atom. The highest BCUT2D eigenvalue weighted by Gasteiger charge is 2.12. The fourth-order valence-corrected chi connectivity index (χ4v) is 2.70. The van der Waals surface area contributed by atoms with Crippen LogP contribution in [0.2, 0.25) is 0 Å². The molecule has 98 valence electrons. The monoisotopic (exact) mass is 342 g/mol. The summed E-state index contributed by atoms with van der Waals surface area (Å²) in [5, 5.41) is 5.97. The molecule has 0 aliphatic heterocycles. The summed E-state index contributed by atoms with van der Waals surface area (Å²) < 4.78 is 5.93. The minimum absolute atomic E-state index is 0. The fraction of sp³-hybridized carbons (Fsp3) is 0.500. The zero-order chi connectivity index (χ0) is 12.0. The molecular weight excluding hydrogens is 328 g/mol. The standard InChI is InChI=1S/C10H15BrN2O2S.ClH/c1-3-12-4-5-13-10(14)8-6-7(15-2)9(11)16-8;/h6,12H,3-5H2,1-2H3,(H,13,14);1H. The summed E-state index contributed by atoms with van der Waals surface area (Å²) in [6.07, 6.45) is 0. The highest BCUT2D eigenvalue weighted by molar-refractivity contribution is 9.11. The van der Waals surface area contributed by atoms with Crippen LogP contribution in [0.25, 0.3) is 0 Å². The molecule has 0 radical (unpaired) electrons. The molecular formula is C10H16BrClN2O2S. The van der Waals surface area contributed by atoms with E-state index in [1.165, 1.54) is 11.3 Å². The molecule has 0 atom stereocenters. The summed E-state index contributed by atoms with van der Waals surface area (Å²) in [5.74, 6) is 0.633. The van der Waals surface area contributed by atoms with Gasteiger partial charge in [0.25, 0.3) is 5.91 Å². The van der Waals surface area contributed by atoms with Gasteiger partial charge in [0.1, 0.15) is 9.54 Å². The van der Waals surface area contributed by atoms with Gasteiger partial charge in [0.15, 0.2) is 0 Å². The number of ether oxygens (including phenoxy) is 1. The normalized spacial score (nSPS) is 9.59. The number of halogens is 2. The number of amides is 1. The molecule has 0 aliphatic carbocycles. The Bertz CT molecular complexity index is 360. The molecule has 0 saturated carbocycles. The SMILES string of the molecule is CCNCCNC(=O)c1cc(OC)c(Br)s1.Cl. The van der Waals surface area contributed by atoms with Crippen molar-refractivity contribution >= 4 is 45.6 Å². The second-order valence-electron chi connectivity index (χ2n) is 3.06. The summed E-state index contributed by atoms with van der Waals surface area (Å²) in [6, 6.07) is 1.73. The quantitative estimate of drug-likeness (QED) is 0.779. The zero-order valence-corrected chi connectivity index (χ0v) is 12.9. The molecule has 1 aromatic rings. The lowest BCUT2D eigenvalue weighted by atomic mass is 10.4. The molecule has 4 nitrogen and oxygen atoms in total. The van der Waals surface area contributed by atoms with Gasteiger partial charge in [-0.1, -0.05) is 6.92 Å². The smallest absolute Gasteiger partial charge is 0.261 e. The Labute approximate surface area is 120 Å². The van der Waals surface area contributed by atoms with Gasteiger partial charge in [0, 0.05) is 19.2 Å². The van der Waals surface area contributed by atoms with E-state index in [1.807, 2.05) is 6.92 Å². The number of carbonyl (C=O) groups excluding carboxylic acids is 1. The first-order valence-corrected chi connectivity index (χ1v) is 6.62. The maximum Gasteiger partial charge on any atom is 0.261 e. The van der Waals surface area contributed by atoms with E-state index in [1.54, 1.807) is 13.2 Å². The third-order valence-electron chi connectivity index (χ3n) is 1.94. The molecule has 0 aromatic carbocycles. The van der Waals surface area contributed by atoms with Crippen molar-refractivity contribution in [1.29, 1.82) is 0 Å². The number of methoxy groups -OCH3 is 1. The van der Waals surface area contributed by atoms with Gasteiger partial charge >= 0.3 is 0 Å². The lowest BCUT2D eigenvalue weighted by Gasteiger charge is -2.03. The van der Waals surface area contributed by atoms with Crippen LogP contribution in [0, 0.1) is 0 Å². The number of carbonyl (C=O) groups is 1. The zero-order valence-electron chi connectivity index (χ0n) is 9.71. The Balaban J connectivity index is 0.00000256.